The van der Waals surface area contributed by atoms with Gasteiger partial charge in [0.05, 0.1) is 12.2 Å². The molecule has 13 heavy (non-hydrogen) atoms. The van der Waals surface area contributed by atoms with Crippen molar-refractivity contribution in [2.24, 2.45) is 12.8 Å². The molecule has 1 heterocycles. The first-order valence-electron chi connectivity index (χ1n) is 4.19. The summed E-state index contributed by atoms with van der Waals surface area (Å²) in [6, 6.07) is 1.27. The molecule has 0 saturated carbocycles. The second-order valence-corrected chi connectivity index (χ2v) is 2.84. The van der Waals surface area contributed by atoms with E-state index in [-0.39, 0.29) is 5.91 Å². The Morgan fingerprint density at radius 2 is 2.54 bits per heavy atom. The molecule has 0 aliphatic carbocycles. The van der Waals surface area contributed by atoms with Crippen molar-refractivity contribution in [3.8, 4) is 0 Å². The number of amides is 1. The number of nitrogens with one attached hydrogen (secondary N) is 1. The Morgan fingerprint density at radius 3 is 3.00 bits per heavy atom. The lowest BCUT2D eigenvalue weighted by molar-refractivity contribution is -0.117. The second-order valence-electron chi connectivity index (χ2n) is 2.84. The summed E-state index contributed by atoms with van der Waals surface area (Å²) in [7, 11) is 1.76. The molecule has 0 spiro atoms. The van der Waals surface area contributed by atoms with Gasteiger partial charge in [-0.25, -0.2) is 0 Å². The van der Waals surface area contributed by atoms with Crippen LogP contribution in [0.5, 0.6) is 0 Å². The number of hydrogen-bond donors (Lipinski definition) is 2. The van der Waals surface area contributed by atoms with E-state index in [2.05, 4.69) is 10.4 Å². The minimum absolute atomic E-state index is 0.175. The molecule has 0 aliphatic heterocycles. The lowest BCUT2D eigenvalue weighted by Crippen LogP contribution is -2.35. The number of hydrogen-bond acceptors (Lipinski definition) is 3. The van der Waals surface area contributed by atoms with Crippen LogP contribution in [0.3, 0.4) is 0 Å². The molecule has 0 unspecified atom stereocenters. The van der Waals surface area contributed by atoms with Gasteiger partial charge in [0.15, 0.2) is 0 Å². The van der Waals surface area contributed by atoms with Gasteiger partial charge in [-0.2, -0.15) is 5.10 Å². The first-order chi connectivity index (χ1) is 6.15. The zero-order chi connectivity index (χ0) is 9.84. The van der Waals surface area contributed by atoms with E-state index >= 15 is 0 Å². The Labute approximate surface area is 76.9 Å². The third-order valence-electron chi connectivity index (χ3n) is 1.85. The van der Waals surface area contributed by atoms with Gasteiger partial charge in [-0.3, -0.25) is 9.48 Å². The standard InChI is InChI=1S/C8H14N4O/c1-3-6(9)8(13)11-7-4-5-10-12(7)2/h4-6H,3,9H2,1-2H3,(H,11,13)/t6-/m1/s1. The highest BCUT2D eigenvalue weighted by Gasteiger charge is 2.11. The van der Waals surface area contributed by atoms with Crippen LogP contribution in [0, 0.1) is 0 Å². The fraction of sp³-hybridized carbons (Fsp3) is 0.500. The summed E-state index contributed by atoms with van der Waals surface area (Å²) in [4.78, 5) is 11.3. The van der Waals surface area contributed by atoms with E-state index in [0.717, 1.165) is 0 Å². The van der Waals surface area contributed by atoms with Gasteiger partial charge in [0.2, 0.25) is 5.91 Å². The summed E-state index contributed by atoms with van der Waals surface area (Å²) in [5.41, 5.74) is 5.54. The van der Waals surface area contributed by atoms with Crippen LogP contribution in [-0.2, 0) is 11.8 Å². The maximum absolute atomic E-state index is 11.3. The molecule has 1 aromatic heterocycles. The average molecular weight is 182 g/mol. The van der Waals surface area contributed by atoms with Crippen LogP contribution in [0.2, 0.25) is 0 Å². The predicted molar refractivity (Wildman–Crippen MR) is 50.1 cm³/mol. The molecule has 1 aromatic rings. The van der Waals surface area contributed by atoms with Crippen LogP contribution < -0.4 is 11.1 Å². The van der Waals surface area contributed by atoms with E-state index in [0.29, 0.717) is 12.2 Å². The first-order valence-corrected chi connectivity index (χ1v) is 4.19. The number of carbonyl (C=O) groups is 1. The van der Waals surface area contributed by atoms with Crippen molar-refractivity contribution in [3.05, 3.63) is 12.3 Å². The smallest absolute Gasteiger partial charge is 0.242 e. The molecule has 0 saturated heterocycles. The van der Waals surface area contributed by atoms with Gasteiger partial charge in [-0.1, -0.05) is 6.92 Å². The molecular formula is C8H14N4O. The fourth-order valence-corrected chi connectivity index (χ4v) is 0.901. The highest BCUT2D eigenvalue weighted by atomic mass is 16.2. The first kappa shape index (κ1) is 9.73. The molecule has 3 N–H and O–H groups in total. The molecule has 0 bridgehead atoms. The number of aryl methyl sites for hydroxylation is 1. The molecule has 0 fully saturated rings. The number of rotatable bonds is 3. The van der Waals surface area contributed by atoms with Gasteiger partial charge in [0, 0.05) is 13.1 Å². The van der Waals surface area contributed by atoms with Crippen molar-refractivity contribution < 1.29 is 4.79 Å². The molecule has 1 rings (SSSR count). The van der Waals surface area contributed by atoms with Crippen molar-refractivity contribution in [2.75, 3.05) is 5.32 Å². The van der Waals surface area contributed by atoms with Crippen molar-refractivity contribution in [1.29, 1.82) is 0 Å². The Balaban J connectivity index is 2.60. The van der Waals surface area contributed by atoms with E-state index in [1.807, 2.05) is 6.92 Å². The highest BCUT2D eigenvalue weighted by Crippen LogP contribution is 2.03. The van der Waals surface area contributed by atoms with Gasteiger partial charge < -0.3 is 11.1 Å². The van der Waals surface area contributed by atoms with Crippen molar-refractivity contribution in [1.82, 2.24) is 9.78 Å². The lowest BCUT2D eigenvalue weighted by Gasteiger charge is -2.09. The maximum atomic E-state index is 11.3. The van der Waals surface area contributed by atoms with Crippen molar-refractivity contribution >= 4 is 11.7 Å². The minimum Gasteiger partial charge on any atom is -0.320 e. The number of aromatic nitrogens is 2. The Kier molecular flexibility index (Phi) is 3.02. The van der Waals surface area contributed by atoms with Gasteiger partial charge in [0.1, 0.15) is 5.82 Å². The van der Waals surface area contributed by atoms with Crippen LogP contribution >= 0.6 is 0 Å². The summed E-state index contributed by atoms with van der Waals surface area (Å²) in [5, 5.41) is 6.59. The Bertz CT molecular complexity index is 294. The summed E-state index contributed by atoms with van der Waals surface area (Å²) in [5.74, 6) is 0.486. The molecule has 5 nitrogen and oxygen atoms in total. The van der Waals surface area contributed by atoms with E-state index in [4.69, 9.17) is 5.73 Å². The second kappa shape index (κ2) is 4.04. The van der Waals surface area contributed by atoms with Gasteiger partial charge in [-0.05, 0) is 6.42 Å². The van der Waals surface area contributed by atoms with Gasteiger partial charge in [-0.15, -0.1) is 0 Å². The van der Waals surface area contributed by atoms with Crippen LogP contribution in [0.1, 0.15) is 13.3 Å². The number of nitrogens with zero attached hydrogens (tertiary/aromatic N) is 2. The van der Waals surface area contributed by atoms with Crippen LogP contribution in [-0.4, -0.2) is 21.7 Å². The number of nitrogens with two attached hydrogens (primary N) is 1. The SMILES string of the molecule is CC[C@@H](N)C(=O)Nc1ccnn1C. The van der Waals surface area contributed by atoms with E-state index in [1.165, 1.54) is 0 Å². The molecular weight excluding hydrogens is 168 g/mol. The van der Waals surface area contributed by atoms with Gasteiger partial charge in [0.25, 0.3) is 0 Å². The lowest BCUT2D eigenvalue weighted by atomic mass is 10.2. The monoisotopic (exact) mass is 182 g/mol. The molecule has 0 aromatic carbocycles. The zero-order valence-electron chi connectivity index (χ0n) is 7.82. The van der Waals surface area contributed by atoms with E-state index in [9.17, 15) is 4.79 Å². The Hall–Kier alpha value is -1.36. The van der Waals surface area contributed by atoms with Gasteiger partial charge >= 0.3 is 0 Å². The zero-order valence-corrected chi connectivity index (χ0v) is 7.82. The molecule has 72 valence electrons. The summed E-state index contributed by atoms with van der Waals surface area (Å²) in [6.45, 7) is 1.87. The van der Waals surface area contributed by atoms with E-state index < -0.39 is 6.04 Å². The van der Waals surface area contributed by atoms with E-state index in [1.54, 1.807) is 24.0 Å². The largest absolute Gasteiger partial charge is 0.320 e. The summed E-state index contributed by atoms with van der Waals surface area (Å²) in [6.07, 6.45) is 2.25. The molecule has 1 amide bonds. The minimum atomic E-state index is -0.449. The van der Waals surface area contributed by atoms with Crippen molar-refractivity contribution in [2.45, 2.75) is 19.4 Å². The average Bonchev–Trinajstić information content (AvgIpc) is 2.50. The predicted octanol–water partition coefficient (Wildman–Crippen LogP) is 0.0959. The van der Waals surface area contributed by atoms with Crippen LogP contribution in [0.15, 0.2) is 12.3 Å². The maximum Gasteiger partial charge on any atom is 0.242 e. The number of carbonyl (C=O) groups excluding carboxylic acids is 1. The summed E-state index contributed by atoms with van der Waals surface area (Å²) < 4.78 is 1.58. The quantitative estimate of drug-likeness (QED) is 0.696. The fourth-order valence-electron chi connectivity index (χ4n) is 0.901. The van der Waals surface area contributed by atoms with Crippen LogP contribution in [0.4, 0.5) is 5.82 Å². The third-order valence-corrected chi connectivity index (χ3v) is 1.85. The molecule has 0 radical (unpaired) electrons. The highest BCUT2D eigenvalue weighted by molar-refractivity contribution is 5.93. The Morgan fingerprint density at radius 1 is 1.85 bits per heavy atom. The molecule has 0 aliphatic rings. The summed E-state index contributed by atoms with van der Waals surface area (Å²) >= 11 is 0. The topological polar surface area (TPSA) is 72.9 Å². The molecule has 5 heteroatoms. The van der Waals surface area contributed by atoms with Crippen LogP contribution in [0.25, 0.3) is 0 Å². The van der Waals surface area contributed by atoms with Crippen molar-refractivity contribution in [3.63, 3.8) is 0 Å². The normalized spacial score (nSPS) is 12.5. The molecule has 1 atom stereocenters. The third kappa shape index (κ3) is 2.29. The number of anilines is 1.